The predicted molar refractivity (Wildman–Crippen MR) is 87.8 cm³/mol. The highest BCUT2D eigenvalue weighted by Gasteiger charge is 2.17. The average Bonchev–Trinajstić information content (AvgIpc) is 3.13. The van der Waals surface area contributed by atoms with Crippen molar-refractivity contribution in [3.63, 3.8) is 0 Å². The number of nitrogens with one attached hydrogen (secondary N) is 1. The number of unbranched alkanes of at least 4 members (excludes halogenated alkanes) is 1. The van der Waals surface area contributed by atoms with Crippen molar-refractivity contribution in [3.05, 3.63) is 36.0 Å². The molecule has 1 aromatic carbocycles. The molecule has 0 saturated carbocycles. The first-order valence-electron chi connectivity index (χ1n) is 8.21. The van der Waals surface area contributed by atoms with Crippen LogP contribution in [0.5, 0.6) is 0 Å². The minimum absolute atomic E-state index is 0.401. The van der Waals surface area contributed by atoms with Crippen molar-refractivity contribution < 1.29 is 4.74 Å². The van der Waals surface area contributed by atoms with E-state index in [1.165, 1.54) is 48.6 Å². The molecular weight excluding hydrogens is 260 g/mol. The monoisotopic (exact) mass is 286 g/mol. The Labute approximate surface area is 127 Å². The van der Waals surface area contributed by atoms with Crippen LogP contribution in [0.3, 0.4) is 0 Å². The quantitative estimate of drug-likeness (QED) is 0.790. The molecule has 3 heteroatoms. The van der Waals surface area contributed by atoms with Crippen LogP contribution in [0, 0.1) is 0 Å². The summed E-state index contributed by atoms with van der Waals surface area (Å²) in [6, 6.07) is 8.78. The Balaban J connectivity index is 1.76. The van der Waals surface area contributed by atoms with Gasteiger partial charge in [0.05, 0.1) is 6.10 Å². The van der Waals surface area contributed by atoms with E-state index in [1.807, 2.05) is 7.05 Å². The highest BCUT2D eigenvalue weighted by Crippen LogP contribution is 2.25. The number of benzene rings is 1. The van der Waals surface area contributed by atoms with E-state index in [1.54, 1.807) is 0 Å². The van der Waals surface area contributed by atoms with Crippen LogP contribution in [0.4, 0.5) is 0 Å². The lowest BCUT2D eigenvalue weighted by atomic mass is 10.1. The molecule has 0 bridgehead atoms. The zero-order valence-corrected chi connectivity index (χ0v) is 13.0. The molecule has 1 fully saturated rings. The number of nitrogens with zero attached hydrogens (tertiary/aromatic N) is 1. The second-order valence-corrected chi connectivity index (χ2v) is 6.02. The second-order valence-electron chi connectivity index (χ2n) is 6.02. The maximum absolute atomic E-state index is 5.80. The third-order valence-electron chi connectivity index (χ3n) is 4.42. The van der Waals surface area contributed by atoms with E-state index in [0.717, 1.165) is 19.7 Å². The van der Waals surface area contributed by atoms with Gasteiger partial charge in [0.25, 0.3) is 0 Å². The molecular formula is C18H26N2O. The van der Waals surface area contributed by atoms with E-state index in [-0.39, 0.29) is 0 Å². The largest absolute Gasteiger partial charge is 0.376 e. The van der Waals surface area contributed by atoms with Gasteiger partial charge in [0.15, 0.2) is 0 Å². The van der Waals surface area contributed by atoms with Gasteiger partial charge in [-0.3, -0.25) is 0 Å². The average molecular weight is 286 g/mol. The van der Waals surface area contributed by atoms with Crippen molar-refractivity contribution in [2.24, 2.45) is 0 Å². The molecule has 21 heavy (non-hydrogen) atoms. The van der Waals surface area contributed by atoms with Crippen LogP contribution in [0.1, 0.15) is 31.2 Å². The topological polar surface area (TPSA) is 26.2 Å². The number of fused-ring (bicyclic) bond motifs is 1. The van der Waals surface area contributed by atoms with Gasteiger partial charge >= 0.3 is 0 Å². The smallest absolute Gasteiger partial charge is 0.0754 e. The molecule has 1 aromatic heterocycles. The Morgan fingerprint density at radius 3 is 3.00 bits per heavy atom. The van der Waals surface area contributed by atoms with Gasteiger partial charge < -0.3 is 14.6 Å². The summed E-state index contributed by atoms with van der Waals surface area (Å²) in [6.45, 7) is 3.03. The van der Waals surface area contributed by atoms with Gasteiger partial charge in [0.1, 0.15) is 0 Å². The normalized spacial score (nSPS) is 18.6. The van der Waals surface area contributed by atoms with Crippen molar-refractivity contribution >= 4 is 10.9 Å². The summed E-state index contributed by atoms with van der Waals surface area (Å²) < 4.78 is 8.20. The van der Waals surface area contributed by atoms with Crippen molar-refractivity contribution in [2.75, 3.05) is 20.2 Å². The Morgan fingerprint density at radius 1 is 1.29 bits per heavy atom. The van der Waals surface area contributed by atoms with E-state index in [4.69, 9.17) is 4.74 Å². The van der Waals surface area contributed by atoms with Gasteiger partial charge in [-0.25, -0.2) is 0 Å². The Morgan fingerprint density at radius 2 is 2.19 bits per heavy atom. The van der Waals surface area contributed by atoms with E-state index in [2.05, 4.69) is 40.3 Å². The first kappa shape index (κ1) is 14.6. The first-order valence-corrected chi connectivity index (χ1v) is 8.21. The maximum atomic E-state index is 5.80. The molecule has 0 radical (unpaired) electrons. The highest BCUT2D eigenvalue weighted by atomic mass is 16.5. The van der Waals surface area contributed by atoms with Crippen LogP contribution >= 0.6 is 0 Å². The van der Waals surface area contributed by atoms with Gasteiger partial charge in [-0.1, -0.05) is 18.2 Å². The van der Waals surface area contributed by atoms with E-state index in [0.29, 0.717) is 6.10 Å². The first-order chi connectivity index (χ1) is 10.4. The molecule has 3 rings (SSSR count). The zero-order valence-electron chi connectivity index (χ0n) is 13.0. The zero-order chi connectivity index (χ0) is 14.5. The van der Waals surface area contributed by atoms with Gasteiger partial charge in [0, 0.05) is 30.3 Å². The van der Waals surface area contributed by atoms with Crippen LogP contribution in [0.25, 0.3) is 10.9 Å². The molecule has 0 spiro atoms. The third kappa shape index (κ3) is 3.47. The molecule has 3 nitrogen and oxygen atoms in total. The summed E-state index contributed by atoms with van der Waals surface area (Å²) in [5.41, 5.74) is 2.84. The van der Waals surface area contributed by atoms with Crippen molar-refractivity contribution in [1.82, 2.24) is 9.88 Å². The summed E-state index contributed by atoms with van der Waals surface area (Å²) in [4.78, 5) is 0. The highest BCUT2D eigenvalue weighted by molar-refractivity contribution is 5.84. The number of rotatable bonds is 7. The minimum Gasteiger partial charge on any atom is -0.376 e. The van der Waals surface area contributed by atoms with Crippen molar-refractivity contribution in [1.29, 1.82) is 0 Å². The Kier molecular flexibility index (Phi) is 4.94. The molecule has 1 N–H and O–H groups in total. The molecule has 2 heterocycles. The van der Waals surface area contributed by atoms with E-state index in [9.17, 15) is 0 Å². The Bertz CT molecular complexity index is 570. The van der Waals surface area contributed by atoms with Crippen LogP contribution in [-0.2, 0) is 17.7 Å². The molecule has 1 atom stereocenters. The molecule has 0 aliphatic carbocycles. The standard InChI is InChI=1S/C18H26N2O/c1-19-11-5-4-7-15-13-20(14-16-8-6-12-21-16)18-10-3-2-9-17(15)18/h2-3,9-10,13,16,19H,4-8,11-12,14H2,1H3. The summed E-state index contributed by atoms with van der Waals surface area (Å²) >= 11 is 0. The van der Waals surface area contributed by atoms with E-state index >= 15 is 0 Å². The second kappa shape index (κ2) is 7.10. The number of para-hydroxylation sites is 1. The summed E-state index contributed by atoms with van der Waals surface area (Å²) in [5, 5.41) is 4.64. The fraction of sp³-hybridized carbons (Fsp3) is 0.556. The summed E-state index contributed by atoms with van der Waals surface area (Å²) in [5.74, 6) is 0. The molecule has 1 unspecified atom stereocenters. The van der Waals surface area contributed by atoms with Gasteiger partial charge in [-0.2, -0.15) is 0 Å². The van der Waals surface area contributed by atoms with Gasteiger partial charge in [0.2, 0.25) is 0 Å². The summed E-state index contributed by atoms with van der Waals surface area (Å²) in [7, 11) is 2.02. The predicted octanol–water partition coefficient (Wildman–Crippen LogP) is 3.36. The number of hydrogen-bond acceptors (Lipinski definition) is 2. The lowest BCUT2D eigenvalue weighted by molar-refractivity contribution is 0.0980. The van der Waals surface area contributed by atoms with Gasteiger partial charge in [-0.15, -0.1) is 0 Å². The molecule has 114 valence electrons. The van der Waals surface area contributed by atoms with Crippen LogP contribution in [0.2, 0.25) is 0 Å². The summed E-state index contributed by atoms with van der Waals surface area (Å²) in [6.07, 6.45) is 8.81. The Hall–Kier alpha value is -1.32. The number of aromatic nitrogens is 1. The van der Waals surface area contributed by atoms with Crippen molar-refractivity contribution in [2.45, 2.75) is 44.8 Å². The van der Waals surface area contributed by atoms with Gasteiger partial charge in [-0.05, 0) is 57.3 Å². The van der Waals surface area contributed by atoms with E-state index < -0.39 is 0 Å². The third-order valence-corrected chi connectivity index (χ3v) is 4.42. The molecule has 1 aliphatic heterocycles. The van der Waals surface area contributed by atoms with Crippen molar-refractivity contribution in [3.8, 4) is 0 Å². The van der Waals surface area contributed by atoms with Crippen LogP contribution in [0.15, 0.2) is 30.5 Å². The van der Waals surface area contributed by atoms with Crippen LogP contribution < -0.4 is 5.32 Å². The maximum Gasteiger partial charge on any atom is 0.0754 e. The molecule has 2 aromatic rings. The molecule has 0 amide bonds. The number of hydrogen-bond donors (Lipinski definition) is 1. The fourth-order valence-corrected chi connectivity index (χ4v) is 3.30. The van der Waals surface area contributed by atoms with Crippen LogP contribution in [-0.4, -0.2) is 30.9 Å². The lowest BCUT2D eigenvalue weighted by Crippen LogP contribution is -2.14. The fourth-order valence-electron chi connectivity index (χ4n) is 3.30. The SMILES string of the molecule is CNCCCCc1cn(CC2CCCO2)c2ccccc12. The molecule has 1 saturated heterocycles. The number of ether oxygens (including phenoxy) is 1. The molecule has 1 aliphatic rings. The minimum atomic E-state index is 0.401. The lowest BCUT2D eigenvalue weighted by Gasteiger charge is -2.11. The number of aryl methyl sites for hydroxylation is 1.